The van der Waals surface area contributed by atoms with Gasteiger partial charge in [0, 0.05) is 4.75 Å². The smallest absolute Gasteiger partial charge is 0.151 e. The molecule has 2 rings (SSSR count). The molecular weight excluding hydrogens is 222 g/mol. The summed E-state index contributed by atoms with van der Waals surface area (Å²) in [4.78, 5) is 4.63. The Kier molecular flexibility index (Phi) is 3.03. The monoisotopic (exact) mass is 237 g/mol. The molecule has 0 aliphatic heterocycles. The van der Waals surface area contributed by atoms with E-state index >= 15 is 0 Å². The molecule has 0 aliphatic carbocycles. The summed E-state index contributed by atoms with van der Waals surface area (Å²) in [7, 11) is 0. The first-order valence-corrected chi connectivity index (χ1v) is 6.78. The Morgan fingerprint density at radius 2 is 2.07 bits per heavy atom. The zero-order valence-corrected chi connectivity index (χ0v) is 10.9. The van der Waals surface area contributed by atoms with E-state index in [0.717, 1.165) is 11.9 Å². The van der Waals surface area contributed by atoms with Crippen molar-refractivity contribution in [3.05, 3.63) is 24.3 Å². The van der Waals surface area contributed by atoms with Gasteiger partial charge >= 0.3 is 0 Å². The van der Waals surface area contributed by atoms with Gasteiger partial charge in [-0.3, -0.25) is 0 Å². The van der Waals surface area contributed by atoms with Crippen molar-refractivity contribution in [3.63, 3.8) is 0 Å². The van der Waals surface area contributed by atoms with Crippen LogP contribution >= 0.6 is 23.1 Å². The Bertz CT molecular complexity index is 426. The van der Waals surface area contributed by atoms with Crippen LogP contribution < -0.4 is 0 Å². The molecule has 0 radical (unpaired) electrons. The summed E-state index contributed by atoms with van der Waals surface area (Å²) in [5.41, 5.74) is 1.12. The fourth-order valence-electron chi connectivity index (χ4n) is 1.20. The van der Waals surface area contributed by atoms with Crippen LogP contribution in [0.15, 0.2) is 28.6 Å². The first-order valence-electron chi connectivity index (χ1n) is 5.15. The summed E-state index contributed by atoms with van der Waals surface area (Å²) in [5, 5.41) is 0. The van der Waals surface area contributed by atoms with Crippen LogP contribution in [-0.2, 0) is 0 Å². The minimum atomic E-state index is 0.286. The van der Waals surface area contributed by atoms with Gasteiger partial charge in [-0.1, -0.05) is 44.7 Å². The highest BCUT2D eigenvalue weighted by Gasteiger charge is 2.18. The van der Waals surface area contributed by atoms with Gasteiger partial charge in [-0.15, -0.1) is 11.3 Å². The fourth-order valence-corrected chi connectivity index (χ4v) is 3.77. The lowest BCUT2D eigenvalue weighted by molar-refractivity contribution is 0.684. The number of thioether (sulfide) groups is 1. The number of rotatable bonds is 3. The highest BCUT2D eigenvalue weighted by atomic mass is 32.2. The molecule has 1 aromatic heterocycles. The van der Waals surface area contributed by atoms with E-state index in [9.17, 15) is 0 Å². The summed E-state index contributed by atoms with van der Waals surface area (Å²) in [6.45, 7) is 6.76. The third-order valence-electron chi connectivity index (χ3n) is 2.49. The molecule has 80 valence electrons. The van der Waals surface area contributed by atoms with E-state index in [1.807, 2.05) is 17.8 Å². The maximum atomic E-state index is 4.63. The molecule has 0 N–H and O–H groups in total. The molecule has 0 fully saturated rings. The van der Waals surface area contributed by atoms with Crippen molar-refractivity contribution in [3.8, 4) is 0 Å². The number of thiazole rings is 1. The van der Waals surface area contributed by atoms with Crippen LogP contribution in [-0.4, -0.2) is 9.73 Å². The fraction of sp³-hybridized carbons (Fsp3) is 0.417. The highest BCUT2D eigenvalue weighted by Crippen LogP contribution is 2.38. The summed E-state index contributed by atoms with van der Waals surface area (Å²) >= 11 is 3.67. The minimum Gasteiger partial charge on any atom is -0.230 e. The van der Waals surface area contributed by atoms with Crippen LogP contribution in [0.2, 0.25) is 0 Å². The standard InChI is InChI=1S/C12H15NS2/c1-4-12(2,3)15-11-13-9-7-5-6-8-10(9)14-11/h5-8H,4H2,1-3H3. The minimum absolute atomic E-state index is 0.286. The van der Waals surface area contributed by atoms with E-state index in [4.69, 9.17) is 0 Å². The number of hydrogen-bond acceptors (Lipinski definition) is 3. The Labute approximate surface area is 98.9 Å². The quantitative estimate of drug-likeness (QED) is 0.725. The zero-order chi connectivity index (χ0) is 10.9. The first kappa shape index (κ1) is 11.0. The molecule has 0 bridgehead atoms. The van der Waals surface area contributed by atoms with Crippen molar-refractivity contribution in [2.24, 2.45) is 0 Å². The number of aromatic nitrogens is 1. The van der Waals surface area contributed by atoms with Crippen LogP contribution in [0.4, 0.5) is 0 Å². The average molecular weight is 237 g/mol. The van der Waals surface area contributed by atoms with E-state index in [0.29, 0.717) is 0 Å². The SMILES string of the molecule is CCC(C)(C)Sc1nc2ccccc2s1. The van der Waals surface area contributed by atoms with Gasteiger partial charge in [0.1, 0.15) is 0 Å². The van der Waals surface area contributed by atoms with Gasteiger partial charge in [-0.2, -0.15) is 0 Å². The largest absolute Gasteiger partial charge is 0.230 e. The lowest BCUT2D eigenvalue weighted by Gasteiger charge is -2.19. The van der Waals surface area contributed by atoms with Gasteiger partial charge in [-0.05, 0) is 18.6 Å². The third-order valence-corrected chi connectivity index (χ3v) is 4.93. The molecule has 0 saturated carbocycles. The predicted molar refractivity (Wildman–Crippen MR) is 69.8 cm³/mol. The third kappa shape index (κ3) is 2.52. The second-order valence-corrected chi connectivity index (χ2v) is 7.15. The summed E-state index contributed by atoms with van der Waals surface area (Å²) in [5.74, 6) is 0. The van der Waals surface area contributed by atoms with Crippen LogP contribution in [0.25, 0.3) is 10.2 Å². The molecule has 2 aromatic rings. The lowest BCUT2D eigenvalue weighted by Crippen LogP contribution is -2.11. The van der Waals surface area contributed by atoms with Gasteiger partial charge < -0.3 is 0 Å². The number of fused-ring (bicyclic) bond motifs is 1. The Morgan fingerprint density at radius 3 is 2.73 bits per heavy atom. The van der Waals surface area contributed by atoms with Crippen molar-refractivity contribution < 1.29 is 0 Å². The molecule has 0 amide bonds. The molecule has 1 nitrogen and oxygen atoms in total. The van der Waals surface area contributed by atoms with E-state index in [1.54, 1.807) is 11.3 Å². The Morgan fingerprint density at radius 1 is 1.33 bits per heavy atom. The molecule has 1 aromatic carbocycles. The molecule has 0 spiro atoms. The van der Waals surface area contributed by atoms with Crippen molar-refractivity contribution in [1.29, 1.82) is 0 Å². The van der Waals surface area contributed by atoms with Gasteiger partial charge in [0.15, 0.2) is 4.34 Å². The highest BCUT2D eigenvalue weighted by molar-refractivity contribution is 8.02. The van der Waals surface area contributed by atoms with Crippen molar-refractivity contribution in [2.45, 2.75) is 36.3 Å². The van der Waals surface area contributed by atoms with Crippen molar-refractivity contribution in [1.82, 2.24) is 4.98 Å². The molecule has 3 heteroatoms. The zero-order valence-electron chi connectivity index (χ0n) is 9.28. The van der Waals surface area contributed by atoms with Gasteiger partial charge in [0.05, 0.1) is 10.2 Å². The Hall–Kier alpha value is -0.540. The molecule has 1 heterocycles. The van der Waals surface area contributed by atoms with E-state index in [1.165, 1.54) is 9.04 Å². The predicted octanol–water partition coefficient (Wildman–Crippen LogP) is 4.58. The first-order chi connectivity index (χ1) is 7.11. The summed E-state index contributed by atoms with van der Waals surface area (Å²) in [6.07, 6.45) is 1.16. The van der Waals surface area contributed by atoms with Crippen molar-refractivity contribution in [2.75, 3.05) is 0 Å². The van der Waals surface area contributed by atoms with E-state index < -0.39 is 0 Å². The number of para-hydroxylation sites is 1. The van der Waals surface area contributed by atoms with Crippen molar-refractivity contribution >= 4 is 33.3 Å². The van der Waals surface area contributed by atoms with E-state index in [-0.39, 0.29) is 4.75 Å². The average Bonchev–Trinajstić information content (AvgIpc) is 2.58. The Balaban J connectivity index is 2.30. The second-order valence-electron chi connectivity index (χ2n) is 4.16. The van der Waals surface area contributed by atoms with Gasteiger partial charge in [0.25, 0.3) is 0 Å². The summed E-state index contributed by atoms with van der Waals surface area (Å²) < 4.78 is 2.75. The molecule has 0 unspecified atom stereocenters. The normalized spacial score (nSPS) is 12.2. The molecule has 15 heavy (non-hydrogen) atoms. The topological polar surface area (TPSA) is 12.9 Å². The molecule has 0 saturated heterocycles. The number of hydrogen-bond donors (Lipinski definition) is 0. The van der Waals surface area contributed by atoms with Gasteiger partial charge in [0.2, 0.25) is 0 Å². The number of nitrogens with zero attached hydrogens (tertiary/aromatic N) is 1. The number of benzene rings is 1. The second kappa shape index (κ2) is 4.14. The van der Waals surface area contributed by atoms with E-state index in [2.05, 4.69) is 44.0 Å². The maximum Gasteiger partial charge on any atom is 0.151 e. The lowest BCUT2D eigenvalue weighted by atomic mass is 10.1. The molecular formula is C12H15NS2. The maximum absolute atomic E-state index is 4.63. The molecule has 0 aliphatic rings. The van der Waals surface area contributed by atoms with Crippen LogP contribution in [0.3, 0.4) is 0 Å². The van der Waals surface area contributed by atoms with Crippen LogP contribution in [0.1, 0.15) is 27.2 Å². The van der Waals surface area contributed by atoms with Gasteiger partial charge in [-0.25, -0.2) is 4.98 Å². The van der Waals surface area contributed by atoms with Crippen LogP contribution in [0, 0.1) is 0 Å². The summed E-state index contributed by atoms with van der Waals surface area (Å²) in [6, 6.07) is 8.33. The molecule has 0 atom stereocenters. The van der Waals surface area contributed by atoms with Crippen LogP contribution in [0.5, 0.6) is 0 Å².